The molecular weight excluding hydrogens is 272 g/mol. The second kappa shape index (κ2) is 4.67. The predicted octanol–water partition coefficient (Wildman–Crippen LogP) is 4.10. The zero-order valence-electron chi connectivity index (χ0n) is 12.2. The van der Waals surface area contributed by atoms with Crippen LogP contribution in [0, 0.1) is 16.7 Å². The van der Waals surface area contributed by atoms with Gasteiger partial charge in [0.1, 0.15) is 11.8 Å². The lowest BCUT2D eigenvalue weighted by molar-refractivity contribution is 0.563. The van der Waals surface area contributed by atoms with Crippen molar-refractivity contribution < 1.29 is 0 Å². The summed E-state index contributed by atoms with van der Waals surface area (Å²) in [6, 6.07) is 12.0. The Labute approximate surface area is 129 Å². The first-order valence-corrected chi connectivity index (χ1v) is 7.60. The summed E-state index contributed by atoms with van der Waals surface area (Å²) in [6.45, 7) is 0. The Kier molecular flexibility index (Phi) is 2.77. The van der Waals surface area contributed by atoms with Crippen molar-refractivity contribution in [3.63, 3.8) is 0 Å². The molecule has 1 unspecified atom stereocenters. The van der Waals surface area contributed by atoms with Crippen LogP contribution in [-0.2, 0) is 5.41 Å². The molecule has 1 atom stereocenters. The van der Waals surface area contributed by atoms with Gasteiger partial charge in [0.05, 0.1) is 11.1 Å². The third-order valence-electron chi connectivity index (χ3n) is 4.81. The molecule has 1 aliphatic heterocycles. The Morgan fingerprint density at radius 3 is 2.91 bits per heavy atom. The van der Waals surface area contributed by atoms with E-state index < -0.39 is 0 Å². The fourth-order valence-corrected chi connectivity index (χ4v) is 3.57. The summed E-state index contributed by atoms with van der Waals surface area (Å²) in [5, 5.41) is 17.4. The Morgan fingerprint density at radius 1 is 1.23 bits per heavy atom. The molecule has 2 aromatic rings. The van der Waals surface area contributed by atoms with Gasteiger partial charge in [-0.15, -0.1) is 0 Å². The summed E-state index contributed by atoms with van der Waals surface area (Å²) in [5.41, 5.74) is 5.14. The third kappa shape index (κ3) is 1.75. The molecule has 0 amide bonds. The number of hydrogen-bond acceptors (Lipinski definition) is 3. The van der Waals surface area contributed by atoms with Crippen molar-refractivity contribution >= 4 is 17.6 Å². The fourth-order valence-electron chi connectivity index (χ4n) is 3.57. The Balaban J connectivity index is 1.82. The lowest BCUT2D eigenvalue weighted by Gasteiger charge is -2.33. The van der Waals surface area contributed by atoms with E-state index in [2.05, 4.69) is 22.1 Å². The minimum atomic E-state index is -0.297. The van der Waals surface area contributed by atoms with Gasteiger partial charge in [0.25, 0.3) is 0 Å². The van der Waals surface area contributed by atoms with Gasteiger partial charge in [0, 0.05) is 17.6 Å². The van der Waals surface area contributed by atoms with E-state index in [9.17, 15) is 0 Å². The maximum atomic E-state index is 8.96. The fraction of sp³-hybridized carbons (Fsp3) is 0.278. The Morgan fingerprint density at radius 2 is 2.14 bits per heavy atom. The molecule has 1 aromatic carbocycles. The molecule has 0 radical (unpaired) electrons. The third-order valence-corrected chi connectivity index (χ3v) is 4.81. The van der Waals surface area contributed by atoms with Crippen LogP contribution in [-0.4, -0.2) is 16.9 Å². The number of rotatable bonds is 1. The van der Waals surface area contributed by atoms with Gasteiger partial charge in [-0.2, -0.15) is 5.26 Å². The predicted molar refractivity (Wildman–Crippen MR) is 87.0 cm³/mol. The van der Waals surface area contributed by atoms with Gasteiger partial charge in [-0.3, -0.25) is 4.99 Å². The number of nitrogens with zero attached hydrogens (tertiary/aromatic N) is 2. The summed E-state index contributed by atoms with van der Waals surface area (Å²) in [7, 11) is 0. The van der Waals surface area contributed by atoms with Crippen molar-refractivity contribution in [2.24, 2.45) is 4.99 Å². The van der Waals surface area contributed by atoms with E-state index in [1.807, 2.05) is 24.4 Å². The highest BCUT2D eigenvalue weighted by Gasteiger charge is 2.41. The number of nitrogens with one attached hydrogen (secondary N) is 2. The van der Waals surface area contributed by atoms with E-state index in [0.717, 1.165) is 53.9 Å². The molecule has 1 fully saturated rings. The van der Waals surface area contributed by atoms with Gasteiger partial charge in [-0.25, -0.2) is 0 Å². The molecule has 1 spiro atoms. The lowest BCUT2D eigenvalue weighted by atomic mass is 9.69. The average molecular weight is 288 g/mol. The number of fused-ring (bicyclic) bond motifs is 2. The van der Waals surface area contributed by atoms with Gasteiger partial charge in [-0.1, -0.05) is 12.5 Å². The molecule has 4 rings (SSSR count). The molecule has 0 bridgehead atoms. The topological polar surface area (TPSA) is 75.8 Å². The van der Waals surface area contributed by atoms with Crippen LogP contribution in [0.3, 0.4) is 0 Å². The van der Waals surface area contributed by atoms with Crippen LogP contribution in [0.1, 0.15) is 36.9 Å². The summed E-state index contributed by atoms with van der Waals surface area (Å²) in [5.74, 6) is 0. The minimum Gasteiger partial charge on any atom is -0.346 e. The van der Waals surface area contributed by atoms with E-state index in [0.29, 0.717) is 5.69 Å². The summed E-state index contributed by atoms with van der Waals surface area (Å²) in [6.07, 6.45) is 6.04. The molecule has 108 valence electrons. The first-order chi connectivity index (χ1) is 10.7. The number of benzene rings is 1. The van der Waals surface area contributed by atoms with Crippen molar-refractivity contribution in [1.29, 1.82) is 10.7 Å². The average Bonchev–Trinajstić information content (AvgIpc) is 3.16. The van der Waals surface area contributed by atoms with E-state index >= 15 is 0 Å². The van der Waals surface area contributed by atoms with E-state index in [1.54, 1.807) is 6.07 Å². The van der Waals surface area contributed by atoms with E-state index in [1.165, 1.54) is 0 Å². The van der Waals surface area contributed by atoms with Crippen LogP contribution in [0.15, 0.2) is 35.3 Å². The Bertz CT molecular complexity index is 837. The van der Waals surface area contributed by atoms with Crippen molar-refractivity contribution in [2.45, 2.75) is 31.1 Å². The van der Waals surface area contributed by atoms with E-state index in [-0.39, 0.29) is 5.41 Å². The first-order valence-electron chi connectivity index (χ1n) is 7.60. The number of aliphatic imine (C=N–C) groups is 1. The van der Waals surface area contributed by atoms with Crippen LogP contribution in [0.25, 0.3) is 11.3 Å². The van der Waals surface area contributed by atoms with Crippen LogP contribution in [0.2, 0.25) is 0 Å². The molecule has 2 heterocycles. The van der Waals surface area contributed by atoms with Crippen LogP contribution >= 0.6 is 0 Å². The molecule has 22 heavy (non-hydrogen) atoms. The smallest absolute Gasteiger partial charge is 0.118 e. The van der Waals surface area contributed by atoms with E-state index in [4.69, 9.17) is 10.7 Å². The summed E-state index contributed by atoms with van der Waals surface area (Å²) in [4.78, 5) is 7.67. The SMILES string of the molecule is N#Cc1ccc(-c2ccc3c(c2)C2(C=N3)CCCCC2=N)[nH]1. The highest BCUT2D eigenvalue weighted by atomic mass is 14.8. The molecule has 1 aromatic heterocycles. The molecular formula is C18H16N4. The van der Waals surface area contributed by atoms with Crippen LogP contribution in [0.4, 0.5) is 5.69 Å². The number of H-pyrrole nitrogens is 1. The molecule has 1 aliphatic carbocycles. The Hall–Kier alpha value is -2.67. The van der Waals surface area contributed by atoms with Crippen molar-refractivity contribution in [3.05, 3.63) is 41.6 Å². The zero-order chi connectivity index (χ0) is 15.2. The molecule has 4 heteroatoms. The van der Waals surface area contributed by atoms with Crippen molar-refractivity contribution in [1.82, 2.24) is 4.98 Å². The standard InChI is InChI=1S/C18H16N4/c19-10-13-5-7-15(22-13)12-4-6-16-14(9-12)18(11-21-16)8-2-1-3-17(18)20/h4-7,9,11,20,22H,1-3,8H2. The van der Waals surface area contributed by atoms with Gasteiger partial charge in [0.15, 0.2) is 0 Å². The van der Waals surface area contributed by atoms with Gasteiger partial charge >= 0.3 is 0 Å². The number of aromatic amines is 1. The summed E-state index contributed by atoms with van der Waals surface area (Å²) >= 11 is 0. The molecule has 2 N–H and O–H groups in total. The van der Waals surface area contributed by atoms with Crippen molar-refractivity contribution in [3.8, 4) is 17.3 Å². The molecule has 2 aliphatic rings. The summed E-state index contributed by atoms with van der Waals surface area (Å²) < 4.78 is 0. The van der Waals surface area contributed by atoms with Gasteiger partial charge < -0.3 is 10.4 Å². The maximum Gasteiger partial charge on any atom is 0.118 e. The number of aromatic nitrogens is 1. The minimum absolute atomic E-state index is 0.297. The zero-order valence-corrected chi connectivity index (χ0v) is 12.2. The second-order valence-electron chi connectivity index (χ2n) is 6.04. The van der Waals surface area contributed by atoms with Crippen molar-refractivity contribution in [2.75, 3.05) is 0 Å². The first kappa shape index (κ1) is 13.0. The second-order valence-corrected chi connectivity index (χ2v) is 6.04. The number of hydrogen-bond donors (Lipinski definition) is 2. The van der Waals surface area contributed by atoms with Crippen LogP contribution < -0.4 is 0 Å². The largest absolute Gasteiger partial charge is 0.346 e. The van der Waals surface area contributed by atoms with Gasteiger partial charge in [-0.05, 0) is 54.7 Å². The monoisotopic (exact) mass is 288 g/mol. The quantitative estimate of drug-likeness (QED) is 0.814. The molecule has 0 saturated heterocycles. The molecule has 1 saturated carbocycles. The normalized spacial score (nSPS) is 22.8. The lowest BCUT2D eigenvalue weighted by Crippen LogP contribution is -2.37. The highest BCUT2D eigenvalue weighted by molar-refractivity contribution is 6.11. The molecule has 4 nitrogen and oxygen atoms in total. The van der Waals surface area contributed by atoms with Crippen LogP contribution in [0.5, 0.6) is 0 Å². The number of nitriles is 1. The van der Waals surface area contributed by atoms with Gasteiger partial charge in [0.2, 0.25) is 0 Å². The highest BCUT2D eigenvalue weighted by Crippen LogP contribution is 2.45. The maximum absolute atomic E-state index is 8.96.